The third-order valence-corrected chi connectivity index (χ3v) is 4.81. The molecular formula is C19H19BrN2O4. The lowest BCUT2D eigenvalue weighted by molar-refractivity contribution is -0.146. The number of carbonyl (C=O) groups is 2. The molecule has 0 N–H and O–H groups in total. The summed E-state index contributed by atoms with van der Waals surface area (Å²) in [4.78, 5) is 30.1. The maximum Gasteiger partial charge on any atom is 0.308 e. The lowest BCUT2D eigenvalue weighted by Gasteiger charge is -2.30. The SMILES string of the molecule is COC(=O)C1CCN(C(=O)c2ccc(Oc3cccc(Br)c3)nc2)CC1. The average molecular weight is 419 g/mol. The Bertz CT molecular complexity index is 786. The Morgan fingerprint density at radius 3 is 2.58 bits per heavy atom. The van der Waals surface area contributed by atoms with Crippen molar-refractivity contribution in [2.24, 2.45) is 5.92 Å². The molecule has 0 bridgehead atoms. The molecule has 26 heavy (non-hydrogen) atoms. The lowest BCUT2D eigenvalue weighted by atomic mass is 9.96. The molecule has 0 radical (unpaired) electrons. The first-order chi connectivity index (χ1) is 12.6. The van der Waals surface area contributed by atoms with E-state index in [9.17, 15) is 9.59 Å². The van der Waals surface area contributed by atoms with Crippen molar-refractivity contribution in [2.75, 3.05) is 20.2 Å². The summed E-state index contributed by atoms with van der Waals surface area (Å²) in [7, 11) is 1.39. The summed E-state index contributed by atoms with van der Waals surface area (Å²) in [6.45, 7) is 1.07. The lowest BCUT2D eigenvalue weighted by Crippen LogP contribution is -2.40. The number of benzene rings is 1. The van der Waals surface area contributed by atoms with E-state index in [-0.39, 0.29) is 17.8 Å². The summed E-state index contributed by atoms with van der Waals surface area (Å²) >= 11 is 3.39. The van der Waals surface area contributed by atoms with Crippen molar-refractivity contribution < 1.29 is 19.1 Å². The summed E-state index contributed by atoms with van der Waals surface area (Å²) in [5.74, 6) is 0.672. The molecule has 1 amide bonds. The fourth-order valence-electron chi connectivity index (χ4n) is 2.89. The van der Waals surface area contributed by atoms with E-state index in [1.54, 1.807) is 17.0 Å². The number of hydrogen-bond acceptors (Lipinski definition) is 5. The van der Waals surface area contributed by atoms with Crippen LogP contribution in [0.4, 0.5) is 0 Å². The average Bonchev–Trinajstić information content (AvgIpc) is 2.67. The number of rotatable bonds is 4. The molecule has 2 aromatic rings. The fraction of sp³-hybridized carbons (Fsp3) is 0.316. The van der Waals surface area contributed by atoms with E-state index in [0.717, 1.165) is 4.47 Å². The van der Waals surface area contributed by atoms with Crippen LogP contribution < -0.4 is 4.74 Å². The number of methoxy groups -OCH3 is 1. The molecule has 6 nitrogen and oxygen atoms in total. The van der Waals surface area contributed by atoms with Crippen LogP contribution in [0.5, 0.6) is 11.6 Å². The Morgan fingerprint density at radius 1 is 1.19 bits per heavy atom. The van der Waals surface area contributed by atoms with Gasteiger partial charge in [0.1, 0.15) is 5.75 Å². The van der Waals surface area contributed by atoms with E-state index < -0.39 is 0 Å². The number of halogens is 1. The van der Waals surface area contributed by atoms with Crippen molar-refractivity contribution in [2.45, 2.75) is 12.8 Å². The molecule has 1 fully saturated rings. The highest BCUT2D eigenvalue weighted by Gasteiger charge is 2.28. The number of likely N-dealkylation sites (tertiary alicyclic amines) is 1. The van der Waals surface area contributed by atoms with E-state index in [4.69, 9.17) is 9.47 Å². The third-order valence-electron chi connectivity index (χ3n) is 4.32. The Balaban J connectivity index is 1.60. The van der Waals surface area contributed by atoms with Gasteiger partial charge in [0.05, 0.1) is 18.6 Å². The van der Waals surface area contributed by atoms with Gasteiger partial charge in [-0.15, -0.1) is 0 Å². The Kier molecular flexibility index (Phi) is 5.88. The van der Waals surface area contributed by atoms with Crippen LogP contribution in [0.1, 0.15) is 23.2 Å². The van der Waals surface area contributed by atoms with Crippen molar-refractivity contribution in [3.63, 3.8) is 0 Å². The molecule has 1 aliphatic rings. The highest BCUT2D eigenvalue weighted by Crippen LogP contribution is 2.24. The molecule has 2 heterocycles. The van der Waals surface area contributed by atoms with Gasteiger partial charge in [-0.3, -0.25) is 9.59 Å². The minimum atomic E-state index is -0.201. The number of ether oxygens (including phenoxy) is 2. The predicted molar refractivity (Wildman–Crippen MR) is 99.1 cm³/mol. The van der Waals surface area contributed by atoms with Crippen LogP contribution in [0, 0.1) is 5.92 Å². The quantitative estimate of drug-likeness (QED) is 0.708. The minimum absolute atomic E-state index is 0.0881. The second kappa shape index (κ2) is 8.31. The summed E-state index contributed by atoms with van der Waals surface area (Å²) in [5.41, 5.74) is 0.503. The van der Waals surface area contributed by atoms with Crippen LogP contribution in [0.3, 0.4) is 0 Å². The largest absolute Gasteiger partial charge is 0.469 e. The van der Waals surface area contributed by atoms with Gasteiger partial charge in [0, 0.05) is 29.8 Å². The Hall–Kier alpha value is -2.41. The van der Waals surface area contributed by atoms with E-state index >= 15 is 0 Å². The van der Waals surface area contributed by atoms with Crippen LogP contribution >= 0.6 is 15.9 Å². The highest BCUT2D eigenvalue weighted by atomic mass is 79.9. The summed E-state index contributed by atoms with van der Waals surface area (Å²) in [6, 6.07) is 10.8. The van der Waals surface area contributed by atoms with Gasteiger partial charge in [-0.05, 0) is 37.1 Å². The zero-order valence-electron chi connectivity index (χ0n) is 14.4. The molecule has 0 aliphatic carbocycles. The Labute approximate surface area is 160 Å². The van der Waals surface area contributed by atoms with E-state index in [2.05, 4.69) is 20.9 Å². The standard InChI is InChI=1S/C19H19BrN2O4/c1-25-19(24)13-7-9-22(10-8-13)18(23)14-5-6-17(21-12-14)26-16-4-2-3-15(20)11-16/h2-6,11-13H,7-10H2,1H3. The second-order valence-electron chi connectivity index (χ2n) is 6.03. The van der Waals surface area contributed by atoms with Crippen molar-refractivity contribution in [1.82, 2.24) is 9.88 Å². The molecule has 7 heteroatoms. The maximum absolute atomic E-state index is 12.6. The van der Waals surface area contributed by atoms with Crippen LogP contribution in [0.25, 0.3) is 0 Å². The number of carbonyl (C=O) groups excluding carboxylic acids is 2. The first-order valence-corrected chi connectivity index (χ1v) is 9.12. The van der Waals surface area contributed by atoms with Crippen molar-refractivity contribution in [3.05, 3.63) is 52.6 Å². The molecule has 1 aromatic carbocycles. The molecule has 1 saturated heterocycles. The fourth-order valence-corrected chi connectivity index (χ4v) is 3.26. The molecule has 1 aliphatic heterocycles. The van der Waals surface area contributed by atoms with Gasteiger partial charge in [-0.25, -0.2) is 4.98 Å². The number of pyridine rings is 1. The number of aromatic nitrogens is 1. The highest BCUT2D eigenvalue weighted by molar-refractivity contribution is 9.10. The second-order valence-corrected chi connectivity index (χ2v) is 6.95. The summed E-state index contributed by atoms with van der Waals surface area (Å²) in [5, 5.41) is 0. The monoisotopic (exact) mass is 418 g/mol. The van der Waals surface area contributed by atoms with Crippen molar-refractivity contribution >= 4 is 27.8 Å². The molecule has 3 rings (SSSR count). The molecule has 0 atom stereocenters. The van der Waals surface area contributed by atoms with Gasteiger partial charge in [0.25, 0.3) is 5.91 Å². The molecule has 0 spiro atoms. The van der Waals surface area contributed by atoms with Gasteiger partial charge in [-0.1, -0.05) is 22.0 Å². The van der Waals surface area contributed by atoms with Crippen molar-refractivity contribution in [1.29, 1.82) is 0 Å². The molecule has 0 saturated carbocycles. The predicted octanol–water partition coefficient (Wildman–Crippen LogP) is 3.66. The van der Waals surface area contributed by atoms with Gasteiger partial charge >= 0.3 is 5.97 Å². The molecule has 0 unspecified atom stereocenters. The van der Waals surface area contributed by atoms with Gasteiger partial charge in [0.2, 0.25) is 5.88 Å². The number of piperidine rings is 1. The molecular weight excluding hydrogens is 400 g/mol. The first kappa shape index (κ1) is 18.4. The van der Waals surface area contributed by atoms with Gasteiger partial charge in [-0.2, -0.15) is 0 Å². The van der Waals surface area contributed by atoms with Crippen LogP contribution in [-0.2, 0) is 9.53 Å². The van der Waals surface area contributed by atoms with Crippen LogP contribution in [-0.4, -0.2) is 42.0 Å². The number of amides is 1. The van der Waals surface area contributed by atoms with Crippen LogP contribution in [0.2, 0.25) is 0 Å². The third kappa shape index (κ3) is 4.40. The number of hydrogen-bond donors (Lipinski definition) is 0. The molecule has 1 aromatic heterocycles. The van der Waals surface area contributed by atoms with E-state index in [1.807, 2.05) is 24.3 Å². The smallest absolute Gasteiger partial charge is 0.308 e. The Morgan fingerprint density at radius 2 is 1.96 bits per heavy atom. The van der Waals surface area contributed by atoms with Gasteiger partial charge in [0.15, 0.2) is 0 Å². The maximum atomic E-state index is 12.6. The van der Waals surface area contributed by atoms with Crippen LogP contribution in [0.15, 0.2) is 47.1 Å². The summed E-state index contributed by atoms with van der Waals surface area (Å²) < 4.78 is 11.4. The van der Waals surface area contributed by atoms with E-state index in [0.29, 0.717) is 43.1 Å². The van der Waals surface area contributed by atoms with E-state index in [1.165, 1.54) is 13.3 Å². The summed E-state index contributed by atoms with van der Waals surface area (Å²) in [6.07, 6.45) is 2.76. The zero-order chi connectivity index (χ0) is 18.5. The molecule has 136 valence electrons. The minimum Gasteiger partial charge on any atom is -0.469 e. The van der Waals surface area contributed by atoms with Crippen molar-refractivity contribution in [3.8, 4) is 11.6 Å². The number of esters is 1. The zero-order valence-corrected chi connectivity index (χ0v) is 15.9. The first-order valence-electron chi connectivity index (χ1n) is 8.33. The topological polar surface area (TPSA) is 68.7 Å². The van der Waals surface area contributed by atoms with Gasteiger partial charge < -0.3 is 14.4 Å². The number of nitrogens with zero attached hydrogens (tertiary/aromatic N) is 2. The normalized spacial score (nSPS) is 14.8.